The predicted octanol–water partition coefficient (Wildman–Crippen LogP) is 3.42. The fourth-order valence-electron chi connectivity index (χ4n) is 3.76. The molecule has 4 rings (SSSR count). The Morgan fingerprint density at radius 2 is 1.43 bits per heavy atom. The molecule has 0 saturated carbocycles. The summed E-state index contributed by atoms with van der Waals surface area (Å²) in [5.74, 6) is 0.799. The van der Waals surface area contributed by atoms with E-state index < -0.39 is 0 Å². The van der Waals surface area contributed by atoms with Gasteiger partial charge in [-0.15, -0.1) is 0 Å². The maximum absolute atomic E-state index is 6.75. The Kier molecular flexibility index (Phi) is 5.30. The van der Waals surface area contributed by atoms with E-state index in [4.69, 9.17) is 16.2 Å². The van der Waals surface area contributed by atoms with Crippen molar-refractivity contribution in [3.8, 4) is 5.75 Å². The predicted molar refractivity (Wildman–Crippen MR) is 113 cm³/mol. The molecule has 1 aliphatic rings. The first kappa shape index (κ1) is 18.5. The van der Waals surface area contributed by atoms with Crippen LogP contribution in [0.2, 0.25) is 0 Å². The summed E-state index contributed by atoms with van der Waals surface area (Å²) in [7, 11) is 1.67. The quantitative estimate of drug-likeness (QED) is 0.716. The van der Waals surface area contributed by atoms with E-state index in [0.717, 1.165) is 17.0 Å². The third kappa shape index (κ3) is 3.60. The lowest BCUT2D eigenvalue weighted by Crippen LogP contribution is -2.59. The van der Waals surface area contributed by atoms with Crippen LogP contribution >= 0.6 is 0 Å². The van der Waals surface area contributed by atoms with E-state index >= 15 is 0 Å². The van der Waals surface area contributed by atoms with E-state index in [1.807, 2.05) is 54.6 Å². The zero-order valence-electron chi connectivity index (χ0n) is 16.0. The lowest BCUT2D eigenvalue weighted by Gasteiger charge is -2.47. The van der Waals surface area contributed by atoms with Gasteiger partial charge in [0.25, 0.3) is 0 Å². The maximum Gasteiger partial charge on any atom is 0.136 e. The van der Waals surface area contributed by atoms with Crippen molar-refractivity contribution in [2.75, 3.05) is 12.0 Å². The van der Waals surface area contributed by atoms with Crippen molar-refractivity contribution in [2.24, 2.45) is 11.5 Å². The van der Waals surface area contributed by atoms with Crippen LogP contribution in [0, 0.1) is 0 Å². The molecule has 0 fully saturated rings. The average Bonchev–Trinajstić information content (AvgIpc) is 2.75. The summed E-state index contributed by atoms with van der Waals surface area (Å²) in [6.07, 6.45) is -0.641. The van der Waals surface area contributed by atoms with Crippen molar-refractivity contribution in [3.63, 3.8) is 0 Å². The van der Waals surface area contributed by atoms with Crippen LogP contribution in [0.5, 0.6) is 5.75 Å². The summed E-state index contributed by atoms with van der Waals surface area (Å²) >= 11 is 0. The average molecular weight is 374 g/mol. The molecule has 144 valence electrons. The molecule has 3 aromatic rings. The number of rotatable bonds is 5. The molecule has 0 aliphatic carbocycles. The number of benzene rings is 3. The molecule has 2 unspecified atom stereocenters. The first-order chi connectivity index (χ1) is 13.7. The lowest BCUT2D eigenvalue weighted by molar-refractivity contribution is 0.112. The maximum atomic E-state index is 6.75. The highest BCUT2D eigenvalue weighted by molar-refractivity contribution is 5.61. The van der Waals surface area contributed by atoms with Crippen molar-refractivity contribution < 1.29 is 4.74 Å². The molecule has 1 aliphatic heterocycles. The Morgan fingerprint density at radius 1 is 0.821 bits per heavy atom. The molecule has 4 N–H and O–H groups in total. The van der Waals surface area contributed by atoms with Crippen molar-refractivity contribution >= 4 is 5.69 Å². The number of hydrogen-bond donors (Lipinski definition) is 2. The molecule has 0 radical (unpaired) electrons. The van der Waals surface area contributed by atoms with Gasteiger partial charge in [-0.25, -0.2) is 4.90 Å². The number of hydrogen-bond acceptors (Lipinski definition) is 5. The largest absolute Gasteiger partial charge is 0.497 e. The van der Waals surface area contributed by atoms with Gasteiger partial charge in [-0.3, -0.25) is 5.73 Å². The van der Waals surface area contributed by atoms with Crippen LogP contribution in [0.15, 0.2) is 78.9 Å². The second kappa shape index (κ2) is 8.02. The van der Waals surface area contributed by atoms with Gasteiger partial charge in [0.1, 0.15) is 12.0 Å². The van der Waals surface area contributed by atoms with Gasteiger partial charge >= 0.3 is 0 Å². The van der Waals surface area contributed by atoms with Crippen LogP contribution in [-0.2, 0) is 13.1 Å². The summed E-state index contributed by atoms with van der Waals surface area (Å²) in [4.78, 5) is 4.33. The Morgan fingerprint density at radius 3 is 2.04 bits per heavy atom. The zero-order chi connectivity index (χ0) is 19.5. The van der Waals surface area contributed by atoms with E-state index in [-0.39, 0.29) is 12.5 Å². The number of anilines is 1. The van der Waals surface area contributed by atoms with E-state index in [1.165, 1.54) is 11.1 Å². The van der Waals surface area contributed by atoms with Crippen molar-refractivity contribution in [1.29, 1.82) is 0 Å². The van der Waals surface area contributed by atoms with Gasteiger partial charge in [-0.1, -0.05) is 66.7 Å². The van der Waals surface area contributed by atoms with Crippen LogP contribution in [0.3, 0.4) is 0 Å². The third-order valence-electron chi connectivity index (χ3n) is 5.29. The molecular formula is C23H26N4O. The number of fused-ring (bicyclic) bond motifs is 1. The number of methoxy groups -OCH3 is 1. The molecule has 0 saturated heterocycles. The normalized spacial score (nSPS) is 19.3. The van der Waals surface area contributed by atoms with Gasteiger partial charge in [0.05, 0.1) is 13.3 Å². The summed E-state index contributed by atoms with van der Waals surface area (Å²) in [6, 6.07) is 26.7. The van der Waals surface area contributed by atoms with Crippen LogP contribution in [0.1, 0.15) is 22.9 Å². The van der Waals surface area contributed by atoms with Gasteiger partial charge in [0.15, 0.2) is 0 Å². The molecule has 2 atom stereocenters. The van der Waals surface area contributed by atoms with Crippen molar-refractivity contribution in [1.82, 2.24) is 4.90 Å². The zero-order valence-corrected chi connectivity index (χ0v) is 16.0. The Bertz CT molecular complexity index is 916. The minimum Gasteiger partial charge on any atom is -0.497 e. The summed E-state index contributed by atoms with van der Waals surface area (Å²) < 4.78 is 5.45. The number of nitrogens with two attached hydrogens (primary N) is 2. The first-order valence-corrected chi connectivity index (χ1v) is 9.46. The molecule has 0 aromatic heterocycles. The Hall–Kier alpha value is -2.86. The molecule has 1 heterocycles. The molecule has 5 heteroatoms. The van der Waals surface area contributed by atoms with Gasteiger partial charge in [0.2, 0.25) is 0 Å². The van der Waals surface area contributed by atoms with Crippen LogP contribution in [0.25, 0.3) is 0 Å². The van der Waals surface area contributed by atoms with E-state index in [1.54, 1.807) is 7.11 Å². The summed E-state index contributed by atoms with van der Waals surface area (Å²) in [6.45, 7) is 1.38. The molecule has 0 spiro atoms. The monoisotopic (exact) mass is 374 g/mol. The van der Waals surface area contributed by atoms with E-state index in [9.17, 15) is 0 Å². The van der Waals surface area contributed by atoms with Gasteiger partial charge < -0.3 is 15.4 Å². The number of ether oxygens (including phenoxy) is 1. The second-order valence-corrected chi connectivity index (χ2v) is 7.05. The van der Waals surface area contributed by atoms with E-state index in [2.05, 4.69) is 34.1 Å². The molecule has 3 aromatic carbocycles. The summed E-state index contributed by atoms with van der Waals surface area (Å²) in [5.41, 5.74) is 17.9. The fourth-order valence-corrected chi connectivity index (χ4v) is 3.76. The fraction of sp³-hybridized carbons (Fsp3) is 0.217. The third-order valence-corrected chi connectivity index (χ3v) is 5.29. The van der Waals surface area contributed by atoms with Crippen molar-refractivity contribution in [2.45, 2.75) is 25.5 Å². The molecule has 28 heavy (non-hydrogen) atoms. The topological polar surface area (TPSA) is 67.8 Å². The second-order valence-electron chi connectivity index (χ2n) is 7.05. The van der Waals surface area contributed by atoms with Gasteiger partial charge in [-0.2, -0.15) is 0 Å². The minimum atomic E-state index is -0.352. The first-order valence-electron chi connectivity index (χ1n) is 9.46. The SMILES string of the molecule is COc1ccc2c(c1)N(Cc1ccccc1)C(N)N(Cc1ccccc1)C2N. The highest BCUT2D eigenvalue weighted by Gasteiger charge is 2.35. The highest BCUT2D eigenvalue weighted by Crippen LogP contribution is 2.38. The van der Waals surface area contributed by atoms with Crippen LogP contribution in [-0.4, -0.2) is 18.3 Å². The smallest absolute Gasteiger partial charge is 0.136 e. The number of nitrogens with zero attached hydrogens (tertiary/aromatic N) is 2. The van der Waals surface area contributed by atoms with Gasteiger partial charge in [-0.05, 0) is 17.2 Å². The molecule has 5 nitrogen and oxygen atoms in total. The van der Waals surface area contributed by atoms with Crippen LogP contribution < -0.4 is 21.1 Å². The van der Waals surface area contributed by atoms with E-state index in [0.29, 0.717) is 13.1 Å². The highest BCUT2D eigenvalue weighted by atomic mass is 16.5. The molecular weight excluding hydrogens is 348 g/mol. The summed E-state index contributed by atoms with van der Waals surface area (Å²) in [5, 5.41) is 0. The standard InChI is InChI=1S/C23H26N4O/c1-28-19-12-13-20-21(14-19)26(15-17-8-4-2-5-9-17)23(25)27(22(20)24)16-18-10-6-3-7-11-18/h2-14,22-23H,15-16,24-25H2,1H3. The Labute approximate surface area is 166 Å². The van der Waals surface area contributed by atoms with Gasteiger partial charge in [0, 0.05) is 30.4 Å². The molecule has 0 amide bonds. The lowest BCUT2D eigenvalue weighted by atomic mass is 10.0. The van der Waals surface area contributed by atoms with Crippen LogP contribution in [0.4, 0.5) is 5.69 Å². The minimum absolute atomic E-state index is 0.289. The molecule has 0 bridgehead atoms. The Balaban J connectivity index is 1.73. The van der Waals surface area contributed by atoms with Crippen molar-refractivity contribution in [3.05, 3.63) is 95.6 Å².